The maximum Gasteiger partial charge on any atom is 0.262 e. The Balaban J connectivity index is 1.57. The third-order valence-corrected chi connectivity index (χ3v) is 6.83. The van der Waals surface area contributed by atoms with Crippen LogP contribution in [0, 0.1) is 18.6 Å². The highest BCUT2D eigenvalue weighted by Gasteiger charge is 2.28. The van der Waals surface area contributed by atoms with Crippen molar-refractivity contribution in [2.75, 3.05) is 24.4 Å². The van der Waals surface area contributed by atoms with Gasteiger partial charge in [-0.05, 0) is 54.4 Å². The highest BCUT2D eigenvalue weighted by molar-refractivity contribution is 7.92. The molecule has 0 aliphatic carbocycles. The Bertz CT molecular complexity index is 1280. The number of amides is 1. The number of anilines is 1. The molecule has 172 valence electrons. The number of benzene rings is 3. The maximum atomic E-state index is 13.9. The molecule has 1 unspecified atom stereocenters. The lowest BCUT2D eigenvalue weighted by Crippen LogP contribution is -2.42. The Kier molecular flexibility index (Phi) is 6.44. The van der Waals surface area contributed by atoms with Gasteiger partial charge in [0.15, 0.2) is 0 Å². The number of ether oxygens (including phenoxy) is 1. The number of rotatable bonds is 5. The van der Waals surface area contributed by atoms with Crippen LogP contribution in [0.25, 0.3) is 0 Å². The molecule has 0 radical (unpaired) electrons. The van der Waals surface area contributed by atoms with Crippen LogP contribution in [0.1, 0.15) is 27.6 Å². The molecule has 1 atom stereocenters. The van der Waals surface area contributed by atoms with Crippen molar-refractivity contribution < 1.29 is 26.7 Å². The summed E-state index contributed by atoms with van der Waals surface area (Å²) in [5, 5.41) is 0. The largest absolute Gasteiger partial charge is 0.370 e. The molecule has 1 saturated heterocycles. The average molecular weight is 473 g/mol. The zero-order chi connectivity index (χ0) is 23.6. The van der Waals surface area contributed by atoms with Gasteiger partial charge in [0.25, 0.3) is 15.9 Å². The molecule has 0 aromatic heterocycles. The lowest BCUT2D eigenvalue weighted by Gasteiger charge is -2.33. The monoisotopic (exact) mass is 472 g/mol. The predicted molar refractivity (Wildman–Crippen MR) is 119 cm³/mol. The van der Waals surface area contributed by atoms with Gasteiger partial charge < -0.3 is 9.64 Å². The van der Waals surface area contributed by atoms with Crippen molar-refractivity contribution >= 4 is 21.6 Å². The Morgan fingerprint density at radius 2 is 1.79 bits per heavy atom. The first kappa shape index (κ1) is 22.9. The van der Waals surface area contributed by atoms with E-state index in [1.54, 1.807) is 30.0 Å². The highest BCUT2D eigenvalue weighted by Crippen LogP contribution is 2.26. The van der Waals surface area contributed by atoms with Gasteiger partial charge in [0.05, 0.1) is 23.7 Å². The molecule has 4 rings (SSSR count). The number of halogens is 2. The summed E-state index contributed by atoms with van der Waals surface area (Å²) in [6, 6.07) is 15.5. The van der Waals surface area contributed by atoms with Gasteiger partial charge in [-0.15, -0.1) is 0 Å². The number of sulfonamides is 1. The van der Waals surface area contributed by atoms with Crippen LogP contribution in [0.4, 0.5) is 14.5 Å². The van der Waals surface area contributed by atoms with Crippen molar-refractivity contribution in [2.45, 2.75) is 17.9 Å². The van der Waals surface area contributed by atoms with Crippen LogP contribution in [-0.4, -0.2) is 38.9 Å². The van der Waals surface area contributed by atoms with Gasteiger partial charge in [0.2, 0.25) is 0 Å². The minimum absolute atomic E-state index is 0.150. The van der Waals surface area contributed by atoms with Gasteiger partial charge in [-0.3, -0.25) is 9.52 Å². The van der Waals surface area contributed by atoms with Crippen molar-refractivity contribution in [3.8, 4) is 0 Å². The Morgan fingerprint density at radius 1 is 1.06 bits per heavy atom. The normalized spacial score (nSPS) is 16.5. The first-order chi connectivity index (χ1) is 15.7. The van der Waals surface area contributed by atoms with Crippen molar-refractivity contribution in [2.24, 2.45) is 0 Å². The van der Waals surface area contributed by atoms with E-state index in [0.29, 0.717) is 18.7 Å². The maximum absolute atomic E-state index is 13.9. The number of nitrogens with zero attached hydrogens (tertiary/aromatic N) is 1. The molecule has 1 aliphatic rings. The molecular weight excluding hydrogens is 450 g/mol. The van der Waals surface area contributed by atoms with E-state index in [9.17, 15) is 22.0 Å². The standard InChI is InChI=1S/C24H22F2N2O4S/c1-16-6-11-19(33(30,31)27-22-5-3-2-4-21(22)26)14-20(16)24(29)28-12-13-32-23(15-28)17-7-9-18(25)10-8-17/h2-11,14,23,27H,12-13,15H2,1H3. The third kappa shape index (κ3) is 5.04. The summed E-state index contributed by atoms with van der Waals surface area (Å²) in [7, 11) is -4.12. The first-order valence-electron chi connectivity index (χ1n) is 10.3. The van der Waals surface area contributed by atoms with E-state index in [1.807, 2.05) is 0 Å². The van der Waals surface area contributed by atoms with Crippen LogP contribution < -0.4 is 4.72 Å². The smallest absolute Gasteiger partial charge is 0.262 e. The number of morpholine rings is 1. The Hall–Kier alpha value is -3.30. The molecule has 0 saturated carbocycles. The molecule has 3 aromatic carbocycles. The summed E-state index contributed by atoms with van der Waals surface area (Å²) in [5.74, 6) is -1.41. The molecule has 1 fully saturated rings. The van der Waals surface area contributed by atoms with Gasteiger partial charge in [0.1, 0.15) is 17.7 Å². The minimum atomic E-state index is -4.12. The van der Waals surface area contributed by atoms with Gasteiger partial charge in [-0.1, -0.05) is 30.3 Å². The Morgan fingerprint density at radius 3 is 2.52 bits per heavy atom. The van der Waals surface area contributed by atoms with Gasteiger partial charge in [-0.2, -0.15) is 0 Å². The number of para-hydroxylation sites is 1. The quantitative estimate of drug-likeness (QED) is 0.601. The lowest BCUT2D eigenvalue weighted by atomic mass is 10.0. The number of carbonyl (C=O) groups is 1. The number of aryl methyl sites for hydroxylation is 1. The molecule has 1 aliphatic heterocycles. The molecule has 1 amide bonds. The minimum Gasteiger partial charge on any atom is -0.370 e. The van der Waals surface area contributed by atoms with Crippen LogP contribution in [0.2, 0.25) is 0 Å². The van der Waals surface area contributed by atoms with Gasteiger partial charge in [-0.25, -0.2) is 17.2 Å². The van der Waals surface area contributed by atoms with Gasteiger partial charge in [0, 0.05) is 12.1 Å². The molecule has 3 aromatic rings. The van der Waals surface area contributed by atoms with E-state index in [1.165, 1.54) is 42.5 Å². The molecule has 1 heterocycles. The molecule has 33 heavy (non-hydrogen) atoms. The fraction of sp³-hybridized carbons (Fsp3) is 0.208. The number of nitrogens with one attached hydrogen (secondary N) is 1. The molecule has 6 nitrogen and oxygen atoms in total. The topological polar surface area (TPSA) is 75.7 Å². The van der Waals surface area contributed by atoms with Crippen LogP contribution in [0.3, 0.4) is 0 Å². The third-order valence-electron chi connectivity index (χ3n) is 5.46. The first-order valence-corrected chi connectivity index (χ1v) is 11.8. The van der Waals surface area contributed by atoms with Crippen molar-refractivity contribution in [1.82, 2.24) is 4.90 Å². The zero-order valence-electron chi connectivity index (χ0n) is 17.8. The van der Waals surface area contributed by atoms with Crippen LogP contribution in [0.15, 0.2) is 71.6 Å². The summed E-state index contributed by atoms with van der Waals surface area (Å²) in [4.78, 5) is 14.7. The second-order valence-corrected chi connectivity index (χ2v) is 9.41. The zero-order valence-corrected chi connectivity index (χ0v) is 18.6. The highest BCUT2D eigenvalue weighted by atomic mass is 32.2. The van der Waals surface area contributed by atoms with Crippen molar-refractivity contribution in [3.05, 3.63) is 95.1 Å². The summed E-state index contributed by atoms with van der Waals surface area (Å²) in [6.07, 6.45) is -0.418. The van der Waals surface area contributed by atoms with Gasteiger partial charge >= 0.3 is 0 Å². The lowest BCUT2D eigenvalue weighted by molar-refractivity contribution is -0.0228. The van der Waals surface area contributed by atoms with Crippen LogP contribution >= 0.6 is 0 Å². The number of carbonyl (C=O) groups excluding carboxylic acids is 1. The van der Waals surface area contributed by atoms with Crippen molar-refractivity contribution in [3.63, 3.8) is 0 Å². The van der Waals surface area contributed by atoms with E-state index in [0.717, 1.165) is 11.6 Å². The second kappa shape index (κ2) is 9.29. The second-order valence-electron chi connectivity index (χ2n) is 7.72. The predicted octanol–water partition coefficient (Wildman–Crippen LogP) is 4.29. The Labute approximate surface area is 190 Å². The summed E-state index contributed by atoms with van der Waals surface area (Å²) in [5.41, 5.74) is 1.40. The van der Waals surface area contributed by atoms with E-state index in [2.05, 4.69) is 4.72 Å². The number of hydrogen-bond acceptors (Lipinski definition) is 4. The SMILES string of the molecule is Cc1ccc(S(=O)(=O)Nc2ccccc2F)cc1C(=O)N1CCOC(c2ccc(F)cc2)C1. The van der Waals surface area contributed by atoms with E-state index >= 15 is 0 Å². The fourth-order valence-electron chi connectivity index (χ4n) is 3.63. The van der Waals surface area contributed by atoms with Crippen LogP contribution in [0.5, 0.6) is 0 Å². The molecule has 0 bridgehead atoms. The summed E-state index contributed by atoms with van der Waals surface area (Å²) in [6.45, 7) is 2.58. The van der Waals surface area contributed by atoms with E-state index in [-0.39, 0.29) is 34.4 Å². The molecule has 1 N–H and O–H groups in total. The van der Waals surface area contributed by atoms with Crippen molar-refractivity contribution in [1.29, 1.82) is 0 Å². The summed E-state index contributed by atoms with van der Waals surface area (Å²) < 4.78 is 60.8. The van der Waals surface area contributed by atoms with Crippen LogP contribution in [-0.2, 0) is 14.8 Å². The molecule has 0 spiro atoms. The fourth-order valence-corrected chi connectivity index (χ4v) is 4.72. The summed E-state index contributed by atoms with van der Waals surface area (Å²) >= 11 is 0. The molecule has 9 heteroatoms. The number of hydrogen-bond donors (Lipinski definition) is 1. The molecular formula is C24H22F2N2O4S. The van der Waals surface area contributed by atoms with E-state index in [4.69, 9.17) is 4.74 Å². The average Bonchev–Trinajstić information content (AvgIpc) is 2.81. The van der Waals surface area contributed by atoms with E-state index < -0.39 is 21.9 Å².